The van der Waals surface area contributed by atoms with Gasteiger partial charge < -0.3 is 15.2 Å². The molecule has 0 aromatic heterocycles. The number of aromatic carboxylic acids is 1. The lowest BCUT2D eigenvalue weighted by Gasteiger charge is -2.10. The summed E-state index contributed by atoms with van der Waals surface area (Å²) in [5.74, 6) is -0.250. The van der Waals surface area contributed by atoms with Crippen molar-refractivity contribution >= 4 is 23.3 Å². The van der Waals surface area contributed by atoms with E-state index in [1.54, 1.807) is 19.2 Å². The number of halogens is 1. The molecule has 2 N–H and O–H groups in total. The van der Waals surface area contributed by atoms with Gasteiger partial charge in [0, 0.05) is 17.3 Å². The van der Waals surface area contributed by atoms with E-state index in [4.69, 9.17) is 21.4 Å². The Kier molecular flexibility index (Phi) is 4.48. The molecule has 4 nitrogen and oxygen atoms in total. The number of hydrogen-bond acceptors (Lipinski definition) is 3. The van der Waals surface area contributed by atoms with E-state index in [0.29, 0.717) is 17.3 Å². The van der Waals surface area contributed by atoms with E-state index in [1.807, 2.05) is 24.3 Å². The van der Waals surface area contributed by atoms with Gasteiger partial charge in [-0.1, -0.05) is 23.7 Å². The van der Waals surface area contributed by atoms with Gasteiger partial charge in [0.2, 0.25) is 0 Å². The SMILES string of the molecule is COc1cccc(CNc2ccc(Cl)cc2C(=O)O)c1. The second-order valence-corrected chi connectivity index (χ2v) is 4.64. The van der Waals surface area contributed by atoms with Gasteiger partial charge in [0.15, 0.2) is 0 Å². The van der Waals surface area contributed by atoms with E-state index in [0.717, 1.165) is 11.3 Å². The third-order valence-corrected chi connectivity index (χ3v) is 3.06. The van der Waals surface area contributed by atoms with E-state index >= 15 is 0 Å². The van der Waals surface area contributed by atoms with E-state index in [1.165, 1.54) is 6.07 Å². The standard InChI is InChI=1S/C15H14ClNO3/c1-20-12-4-2-3-10(7-12)9-17-14-6-5-11(16)8-13(14)15(18)19/h2-8,17H,9H2,1H3,(H,18,19). The first-order valence-corrected chi connectivity index (χ1v) is 6.37. The molecule has 0 aliphatic carbocycles. The normalized spacial score (nSPS) is 10.1. The molecule has 0 fully saturated rings. The first-order valence-electron chi connectivity index (χ1n) is 6.00. The molecule has 104 valence electrons. The number of carboxylic acids is 1. The van der Waals surface area contributed by atoms with Crippen molar-refractivity contribution in [3.63, 3.8) is 0 Å². The lowest BCUT2D eigenvalue weighted by atomic mass is 10.1. The maximum Gasteiger partial charge on any atom is 0.337 e. The predicted octanol–water partition coefficient (Wildman–Crippen LogP) is 3.66. The molecule has 2 aromatic carbocycles. The number of carbonyl (C=O) groups is 1. The van der Waals surface area contributed by atoms with Crippen LogP contribution < -0.4 is 10.1 Å². The predicted molar refractivity (Wildman–Crippen MR) is 78.7 cm³/mol. The van der Waals surface area contributed by atoms with Crippen LogP contribution in [-0.4, -0.2) is 18.2 Å². The molecular weight excluding hydrogens is 278 g/mol. The number of carboxylic acid groups (broad SMARTS) is 1. The first kappa shape index (κ1) is 14.2. The second kappa shape index (κ2) is 6.30. The molecule has 0 unspecified atom stereocenters. The van der Waals surface area contributed by atoms with Crippen molar-refractivity contribution in [3.05, 3.63) is 58.6 Å². The van der Waals surface area contributed by atoms with Crippen LogP contribution in [0.15, 0.2) is 42.5 Å². The van der Waals surface area contributed by atoms with Crippen LogP contribution in [0.3, 0.4) is 0 Å². The Morgan fingerprint density at radius 1 is 1.30 bits per heavy atom. The molecule has 0 saturated heterocycles. The van der Waals surface area contributed by atoms with Crippen molar-refractivity contribution in [2.75, 3.05) is 12.4 Å². The Hall–Kier alpha value is -2.20. The van der Waals surface area contributed by atoms with Gasteiger partial charge in [-0.15, -0.1) is 0 Å². The second-order valence-electron chi connectivity index (χ2n) is 4.20. The Morgan fingerprint density at radius 2 is 2.10 bits per heavy atom. The molecule has 0 spiro atoms. The third-order valence-electron chi connectivity index (χ3n) is 2.83. The Morgan fingerprint density at radius 3 is 2.80 bits per heavy atom. The fourth-order valence-electron chi connectivity index (χ4n) is 1.83. The van der Waals surface area contributed by atoms with Gasteiger partial charge in [-0.25, -0.2) is 4.79 Å². The Bertz CT molecular complexity index is 628. The number of anilines is 1. The number of hydrogen-bond donors (Lipinski definition) is 2. The largest absolute Gasteiger partial charge is 0.497 e. The summed E-state index contributed by atoms with van der Waals surface area (Å²) in [7, 11) is 1.61. The van der Waals surface area contributed by atoms with Gasteiger partial charge >= 0.3 is 5.97 Å². The van der Waals surface area contributed by atoms with E-state index < -0.39 is 5.97 Å². The zero-order chi connectivity index (χ0) is 14.5. The maximum absolute atomic E-state index is 11.2. The molecule has 0 radical (unpaired) electrons. The van der Waals surface area contributed by atoms with Crippen molar-refractivity contribution in [2.24, 2.45) is 0 Å². The molecule has 0 amide bonds. The van der Waals surface area contributed by atoms with E-state index in [2.05, 4.69) is 5.32 Å². The van der Waals surface area contributed by atoms with Gasteiger partial charge in [-0.2, -0.15) is 0 Å². The highest BCUT2D eigenvalue weighted by Crippen LogP contribution is 2.22. The lowest BCUT2D eigenvalue weighted by molar-refractivity contribution is 0.0698. The maximum atomic E-state index is 11.2. The number of methoxy groups -OCH3 is 1. The topological polar surface area (TPSA) is 58.6 Å². The first-order chi connectivity index (χ1) is 9.60. The van der Waals surface area contributed by atoms with E-state index in [-0.39, 0.29) is 5.56 Å². The summed E-state index contributed by atoms with van der Waals surface area (Å²) < 4.78 is 5.15. The molecule has 20 heavy (non-hydrogen) atoms. The average molecular weight is 292 g/mol. The van der Waals surface area contributed by atoms with Crippen molar-refractivity contribution in [1.29, 1.82) is 0 Å². The monoisotopic (exact) mass is 291 g/mol. The van der Waals surface area contributed by atoms with Crippen molar-refractivity contribution in [3.8, 4) is 5.75 Å². The number of nitrogens with one attached hydrogen (secondary N) is 1. The number of benzene rings is 2. The van der Waals surface area contributed by atoms with Crippen LogP contribution in [0, 0.1) is 0 Å². The van der Waals surface area contributed by atoms with Crippen molar-refractivity contribution < 1.29 is 14.6 Å². The summed E-state index contributed by atoms with van der Waals surface area (Å²) >= 11 is 5.81. The van der Waals surface area contributed by atoms with Crippen LogP contribution in [0.25, 0.3) is 0 Å². The molecule has 2 rings (SSSR count). The highest BCUT2D eigenvalue weighted by atomic mass is 35.5. The summed E-state index contributed by atoms with van der Waals surface area (Å²) in [6.07, 6.45) is 0. The molecule has 0 bridgehead atoms. The van der Waals surface area contributed by atoms with Gasteiger partial charge in [-0.05, 0) is 35.9 Å². The molecule has 0 aliphatic rings. The van der Waals surface area contributed by atoms with Crippen LogP contribution in [-0.2, 0) is 6.54 Å². The summed E-state index contributed by atoms with van der Waals surface area (Å²) in [5, 5.41) is 12.6. The summed E-state index contributed by atoms with van der Waals surface area (Å²) in [4.78, 5) is 11.2. The highest BCUT2D eigenvalue weighted by Gasteiger charge is 2.10. The number of rotatable bonds is 5. The minimum atomic E-state index is -1.01. The van der Waals surface area contributed by atoms with Crippen LogP contribution >= 0.6 is 11.6 Å². The van der Waals surface area contributed by atoms with Crippen LogP contribution in [0.5, 0.6) is 5.75 Å². The fraction of sp³-hybridized carbons (Fsp3) is 0.133. The molecule has 5 heteroatoms. The van der Waals surface area contributed by atoms with Gasteiger partial charge in [0.25, 0.3) is 0 Å². The summed E-state index contributed by atoms with van der Waals surface area (Å²) in [5.41, 5.74) is 1.68. The molecule has 0 saturated carbocycles. The van der Waals surface area contributed by atoms with Crippen LogP contribution in [0.2, 0.25) is 5.02 Å². The average Bonchev–Trinajstić information content (AvgIpc) is 2.46. The molecule has 2 aromatic rings. The summed E-state index contributed by atoms with van der Waals surface area (Å²) in [6, 6.07) is 12.3. The number of ether oxygens (including phenoxy) is 1. The van der Waals surface area contributed by atoms with Gasteiger partial charge in [0.1, 0.15) is 5.75 Å². The zero-order valence-electron chi connectivity index (χ0n) is 10.9. The fourth-order valence-corrected chi connectivity index (χ4v) is 2.00. The molecule has 0 aliphatic heterocycles. The molecule has 0 atom stereocenters. The minimum absolute atomic E-state index is 0.153. The van der Waals surface area contributed by atoms with Crippen molar-refractivity contribution in [1.82, 2.24) is 0 Å². The quantitative estimate of drug-likeness (QED) is 0.882. The van der Waals surface area contributed by atoms with Crippen molar-refractivity contribution in [2.45, 2.75) is 6.54 Å². The van der Waals surface area contributed by atoms with Crippen LogP contribution in [0.1, 0.15) is 15.9 Å². The van der Waals surface area contributed by atoms with Gasteiger partial charge in [-0.3, -0.25) is 0 Å². The molecule has 0 heterocycles. The minimum Gasteiger partial charge on any atom is -0.497 e. The molecular formula is C15H14ClNO3. The third kappa shape index (κ3) is 3.42. The Balaban J connectivity index is 2.16. The lowest BCUT2D eigenvalue weighted by Crippen LogP contribution is -2.06. The Labute approximate surface area is 122 Å². The van der Waals surface area contributed by atoms with E-state index in [9.17, 15) is 4.79 Å². The summed E-state index contributed by atoms with van der Waals surface area (Å²) in [6.45, 7) is 0.499. The smallest absolute Gasteiger partial charge is 0.337 e. The highest BCUT2D eigenvalue weighted by molar-refractivity contribution is 6.31. The zero-order valence-corrected chi connectivity index (χ0v) is 11.6. The van der Waals surface area contributed by atoms with Crippen LogP contribution in [0.4, 0.5) is 5.69 Å². The van der Waals surface area contributed by atoms with Gasteiger partial charge in [0.05, 0.1) is 12.7 Å².